The average molecular weight is 211 g/mol. The van der Waals surface area contributed by atoms with Crippen molar-refractivity contribution in [1.29, 1.82) is 0 Å². The molecule has 0 radical (unpaired) electrons. The Hall–Kier alpha value is -2.36. The maximum Gasteiger partial charge on any atom is 0.131 e. The summed E-state index contributed by atoms with van der Waals surface area (Å²) >= 11 is 0. The largest absolute Gasteiger partial charge is 0.364 e. The molecule has 0 spiro atoms. The molecule has 4 heteroatoms. The molecule has 0 saturated heterocycles. The highest BCUT2D eigenvalue weighted by molar-refractivity contribution is 5.78. The number of rotatable bonds is 2. The Morgan fingerprint density at radius 2 is 2.12 bits per heavy atom. The Labute approximate surface area is 91.6 Å². The lowest BCUT2D eigenvalue weighted by Gasteiger charge is -1.82. The highest BCUT2D eigenvalue weighted by atomic mass is 16.5. The molecule has 0 saturated carbocycles. The lowest BCUT2D eigenvalue weighted by Crippen LogP contribution is -1.72. The Bertz CT molecular complexity index is 590. The number of H-pyrrole nitrogens is 1. The van der Waals surface area contributed by atoms with Gasteiger partial charge in [0.2, 0.25) is 0 Å². The fraction of sp³-hybridized carbons (Fsp3) is 0. The van der Waals surface area contributed by atoms with Crippen molar-refractivity contribution in [2.75, 3.05) is 0 Å². The Morgan fingerprint density at radius 1 is 1.19 bits per heavy atom. The molecule has 0 atom stereocenters. The van der Waals surface area contributed by atoms with E-state index in [0.717, 1.165) is 22.4 Å². The zero-order valence-electron chi connectivity index (χ0n) is 8.42. The van der Waals surface area contributed by atoms with Gasteiger partial charge in [0.05, 0.1) is 17.2 Å². The number of fused-ring (bicyclic) bond motifs is 1. The first-order chi connectivity index (χ1) is 7.92. The third kappa shape index (κ3) is 1.61. The van der Waals surface area contributed by atoms with E-state index in [9.17, 15) is 0 Å². The summed E-state index contributed by atoms with van der Waals surface area (Å²) in [6.45, 7) is 0. The SMILES string of the molecule is C(=Cc1nc2ccccc2[nH]1)c1cnoc1. The molecule has 3 aromatic rings. The lowest BCUT2D eigenvalue weighted by molar-refractivity contribution is 0.419. The number of hydrogen-bond donors (Lipinski definition) is 1. The molecule has 4 nitrogen and oxygen atoms in total. The minimum absolute atomic E-state index is 0.822. The molecule has 0 aliphatic heterocycles. The van der Waals surface area contributed by atoms with Gasteiger partial charge < -0.3 is 9.51 Å². The first-order valence-corrected chi connectivity index (χ1v) is 4.94. The number of benzene rings is 1. The van der Waals surface area contributed by atoms with Crippen LogP contribution in [0.1, 0.15) is 11.4 Å². The predicted octanol–water partition coefficient (Wildman–Crippen LogP) is 2.72. The Morgan fingerprint density at radius 3 is 2.94 bits per heavy atom. The van der Waals surface area contributed by atoms with Crippen LogP contribution in [0.4, 0.5) is 0 Å². The van der Waals surface area contributed by atoms with Gasteiger partial charge in [-0.1, -0.05) is 17.3 Å². The topological polar surface area (TPSA) is 54.7 Å². The molecule has 2 heterocycles. The van der Waals surface area contributed by atoms with Crippen molar-refractivity contribution in [1.82, 2.24) is 15.1 Å². The van der Waals surface area contributed by atoms with E-state index in [0.29, 0.717) is 0 Å². The van der Waals surface area contributed by atoms with Crippen LogP contribution in [-0.4, -0.2) is 15.1 Å². The third-order valence-electron chi connectivity index (χ3n) is 2.29. The van der Waals surface area contributed by atoms with Crippen LogP contribution >= 0.6 is 0 Å². The number of imidazole rings is 1. The van der Waals surface area contributed by atoms with Crippen LogP contribution in [0.15, 0.2) is 41.2 Å². The minimum atomic E-state index is 0.822. The minimum Gasteiger partial charge on any atom is -0.364 e. The van der Waals surface area contributed by atoms with Crippen LogP contribution in [0, 0.1) is 0 Å². The van der Waals surface area contributed by atoms with Crippen molar-refractivity contribution in [2.45, 2.75) is 0 Å². The molecular formula is C12H9N3O. The fourth-order valence-corrected chi connectivity index (χ4v) is 1.52. The number of hydrogen-bond acceptors (Lipinski definition) is 3. The summed E-state index contributed by atoms with van der Waals surface area (Å²) in [7, 11) is 0. The molecule has 0 aliphatic rings. The molecular weight excluding hydrogens is 202 g/mol. The summed E-state index contributed by atoms with van der Waals surface area (Å²) in [6.07, 6.45) is 7.03. The second kappa shape index (κ2) is 3.66. The summed E-state index contributed by atoms with van der Waals surface area (Å²) in [6, 6.07) is 7.92. The normalized spacial score (nSPS) is 11.5. The van der Waals surface area contributed by atoms with E-state index in [1.807, 2.05) is 36.4 Å². The molecule has 0 aliphatic carbocycles. The van der Waals surface area contributed by atoms with E-state index in [-0.39, 0.29) is 0 Å². The molecule has 0 bridgehead atoms. The number of aromatic nitrogens is 3. The summed E-state index contributed by atoms with van der Waals surface area (Å²) in [4.78, 5) is 7.63. The smallest absolute Gasteiger partial charge is 0.131 e. The Kier molecular flexibility index (Phi) is 2.04. The van der Waals surface area contributed by atoms with Crippen LogP contribution in [0.3, 0.4) is 0 Å². The second-order valence-corrected chi connectivity index (χ2v) is 3.43. The van der Waals surface area contributed by atoms with E-state index < -0.39 is 0 Å². The van der Waals surface area contributed by atoms with E-state index in [4.69, 9.17) is 4.52 Å². The number of para-hydroxylation sites is 2. The maximum absolute atomic E-state index is 4.73. The standard InChI is InChI=1S/C12H9N3O/c1-2-4-11-10(3-1)14-12(15-11)6-5-9-7-13-16-8-9/h1-8H,(H,14,15). The Balaban J connectivity index is 1.95. The van der Waals surface area contributed by atoms with Gasteiger partial charge in [0.1, 0.15) is 12.1 Å². The van der Waals surface area contributed by atoms with Crippen molar-refractivity contribution in [3.8, 4) is 0 Å². The number of nitrogens with one attached hydrogen (secondary N) is 1. The van der Waals surface area contributed by atoms with Gasteiger partial charge in [0.25, 0.3) is 0 Å². The zero-order valence-corrected chi connectivity index (χ0v) is 8.42. The van der Waals surface area contributed by atoms with Crippen LogP contribution < -0.4 is 0 Å². The molecule has 2 aromatic heterocycles. The number of nitrogens with zero attached hydrogens (tertiary/aromatic N) is 2. The summed E-state index contributed by atoms with van der Waals surface area (Å²) in [5, 5.41) is 3.62. The van der Waals surface area contributed by atoms with Gasteiger partial charge in [-0.05, 0) is 24.3 Å². The lowest BCUT2D eigenvalue weighted by atomic mass is 10.3. The van der Waals surface area contributed by atoms with E-state index in [2.05, 4.69) is 15.1 Å². The quantitative estimate of drug-likeness (QED) is 0.709. The van der Waals surface area contributed by atoms with Gasteiger partial charge in [-0.15, -0.1) is 0 Å². The molecule has 78 valence electrons. The second-order valence-electron chi connectivity index (χ2n) is 3.43. The van der Waals surface area contributed by atoms with Gasteiger partial charge in [-0.2, -0.15) is 0 Å². The van der Waals surface area contributed by atoms with E-state index >= 15 is 0 Å². The molecule has 16 heavy (non-hydrogen) atoms. The highest BCUT2D eigenvalue weighted by Gasteiger charge is 1.97. The van der Waals surface area contributed by atoms with Crippen molar-refractivity contribution in [2.24, 2.45) is 0 Å². The molecule has 1 N–H and O–H groups in total. The highest BCUT2D eigenvalue weighted by Crippen LogP contribution is 2.12. The fourth-order valence-electron chi connectivity index (χ4n) is 1.52. The van der Waals surface area contributed by atoms with Gasteiger partial charge in [0.15, 0.2) is 0 Å². The van der Waals surface area contributed by atoms with E-state index in [1.54, 1.807) is 12.5 Å². The first-order valence-electron chi connectivity index (χ1n) is 4.94. The molecule has 3 rings (SSSR count). The molecule has 1 aromatic carbocycles. The average Bonchev–Trinajstić information content (AvgIpc) is 2.95. The summed E-state index contributed by atoms with van der Waals surface area (Å²) < 4.78 is 4.73. The molecule has 0 unspecified atom stereocenters. The van der Waals surface area contributed by atoms with Crippen LogP contribution in [0.2, 0.25) is 0 Å². The summed E-state index contributed by atoms with van der Waals surface area (Å²) in [5.41, 5.74) is 2.92. The van der Waals surface area contributed by atoms with Crippen molar-refractivity contribution >= 4 is 23.2 Å². The summed E-state index contributed by atoms with van der Waals surface area (Å²) in [5.74, 6) is 0.822. The van der Waals surface area contributed by atoms with Crippen molar-refractivity contribution in [3.05, 3.63) is 48.1 Å². The predicted molar refractivity (Wildman–Crippen MR) is 61.5 cm³/mol. The van der Waals surface area contributed by atoms with Crippen molar-refractivity contribution in [3.63, 3.8) is 0 Å². The van der Waals surface area contributed by atoms with Gasteiger partial charge in [-0.25, -0.2) is 4.98 Å². The third-order valence-corrected chi connectivity index (χ3v) is 2.29. The van der Waals surface area contributed by atoms with Crippen LogP contribution in [0.25, 0.3) is 23.2 Å². The van der Waals surface area contributed by atoms with Gasteiger partial charge in [-0.3, -0.25) is 0 Å². The van der Waals surface area contributed by atoms with E-state index in [1.165, 1.54) is 0 Å². The molecule has 0 amide bonds. The van der Waals surface area contributed by atoms with Crippen molar-refractivity contribution < 1.29 is 4.52 Å². The monoisotopic (exact) mass is 211 g/mol. The number of aromatic amines is 1. The van der Waals surface area contributed by atoms with Crippen LogP contribution in [0.5, 0.6) is 0 Å². The zero-order chi connectivity index (χ0) is 10.8. The molecule has 0 fully saturated rings. The van der Waals surface area contributed by atoms with Gasteiger partial charge >= 0.3 is 0 Å². The first kappa shape index (κ1) is 8.91. The van der Waals surface area contributed by atoms with Crippen LogP contribution in [-0.2, 0) is 0 Å². The maximum atomic E-state index is 4.73. The van der Waals surface area contributed by atoms with Gasteiger partial charge in [0, 0.05) is 5.56 Å².